The lowest BCUT2D eigenvalue weighted by Gasteiger charge is -2.07. The van der Waals surface area contributed by atoms with E-state index in [1.807, 2.05) is 37.5 Å². The molecule has 3 rings (SSSR count). The zero-order valence-electron chi connectivity index (χ0n) is 14.7. The first kappa shape index (κ1) is 17.8. The summed E-state index contributed by atoms with van der Waals surface area (Å²) in [4.78, 5) is 25.1. The topological polar surface area (TPSA) is 72.7 Å². The van der Waals surface area contributed by atoms with E-state index in [4.69, 9.17) is 11.6 Å². The number of hydrogen-bond donors (Lipinski definition) is 1. The summed E-state index contributed by atoms with van der Waals surface area (Å²) in [6, 6.07) is 7.21. The lowest BCUT2D eigenvalue weighted by molar-refractivity contribution is -0.111. The highest BCUT2D eigenvalue weighted by molar-refractivity contribution is 6.30. The minimum absolute atomic E-state index is 0.262. The summed E-state index contributed by atoms with van der Waals surface area (Å²) >= 11 is 5.84. The van der Waals surface area contributed by atoms with E-state index in [9.17, 15) is 4.79 Å². The van der Waals surface area contributed by atoms with Gasteiger partial charge in [0.1, 0.15) is 5.82 Å². The summed E-state index contributed by atoms with van der Waals surface area (Å²) in [5.74, 6) is 1.08. The number of nitrogens with one attached hydrogen (secondary N) is 1. The number of amides is 1. The van der Waals surface area contributed by atoms with Gasteiger partial charge in [0.2, 0.25) is 11.9 Å². The van der Waals surface area contributed by atoms with Crippen LogP contribution in [0.1, 0.15) is 22.8 Å². The molecule has 0 unspecified atom stereocenters. The Balaban J connectivity index is 1.69. The van der Waals surface area contributed by atoms with E-state index in [1.165, 1.54) is 6.08 Å². The Labute approximate surface area is 156 Å². The van der Waals surface area contributed by atoms with Crippen LogP contribution in [-0.4, -0.2) is 25.4 Å². The first-order valence-corrected chi connectivity index (χ1v) is 8.41. The Bertz CT molecular complexity index is 959. The second kappa shape index (κ2) is 7.49. The van der Waals surface area contributed by atoms with Gasteiger partial charge in [0.15, 0.2) is 0 Å². The van der Waals surface area contributed by atoms with Gasteiger partial charge < -0.3 is 5.32 Å². The molecule has 3 aromatic rings. The molecule has 2 aromatic heterocycles. The van der Waals surface area contributed by atoms with Gasteiger partial charge in [0, 0.05) is 16.8 Å². The number of rotatable bonds is 4. The van der Waals surface area contributed by atoms with Gasteiger partial charge in [-0.2, -0.15) is 0 Å². The van der Waals surface area contributed by atoms with Crippen LogP contribution in [-0.2, 0) is 4.79 Å². The SMILES string of the molecule is Cc1nc(C)n(-c2ncc(NC(=O)/C=C/c3ccc(Cl)cc3)cn2)c1C. The van der Waals surface area contributed by atoms with Crippen molar-refractivity contribution in [1.29, 1.82) is 0 Å². The van der Waals surface area contributed by atoms with Crippen molar-refractivity contribution in [2.75, 3.05) is 5.32 Å². The van der Waals surface area contributed by atoms with Gasteiger partial charge >= 0.3 is 0 Å². The predicted molar refractivity (Wildman–Crippen MR) is 102 cm³/mol. The molecule has 0 saturated carbocycles. The van der Waals surface area contributed by atoms with Gasteiger partial charge in [0.05, 0.1) is 23.8 Å². The normalized spacial score (nSPS) is 11.1. The van der Waals surface area contributed by atoms with Crippen molar-refractivity contribution in [2.24, 2.45) is 0 Å². The fraction of sp³-hybridized carbons (Fsp3) is 0.158. The maximum atomic E-state index is 12.0. The summed E-state index contributed by atoms with van der Waals surface area (Å²) in [6.07, 6.45) is 6.31. The molecule has 1 amide bonds. The lowest BCUT2D eigenvalue weighted by atomic mass is 10.2. The fourth-order valence-electron chi connectivity index (χ4n) is 2.50. The van der Waals surface area contributed by atoms with Crippen LogP contribution in [0.3, 0.4) is 0 Å². The zero-order chi connectivity index (χ0) is 18.7. The molecule has 0 bridgehead atoms. The minimum atomic E-state index is -0.262. The predicted octanol–water partition coefficient (Wildman–Crippen LogP) is 3.89. The Morgan fingerprint density at radius 1 is 1.12 bits per heavy atom. The molecule has 132 valence electrons. The monoisotopic (exact) mass is 367 g/mol. The molecule has 0 fully saturated rings. The summed E-state index contributed by atoms with van der Waals surface area (Å²) in [5, 5.41) is 3.39. The highest BCUT2D eigenvalue weighted by atomic mass is 35.5. The van der Waals surface area contributed by atoms with E-state index in [1.54, 1.807) is 30.6 Å². The van der Waals surface area contributed by atoms with E-state index >= 15 is 0 Å². The number of anilines is 1. The van der Waals surface area contributed by atoms with E-state index in [0.717, 1.165) is 22.8 Å². The molecule has 0 saturated heterocycles. The van der Waals surface area contributed by atoms with Crippen LogP contribution in [0.4, 0.5) is 5.69 Å². The van der Waals surface area contributed by atoms with Crippen LogP contribution in [0, 0.1) is 20.8 Å². The van der Waals surface area contributed by atoms with Crippen LogP contribution in [0.15, 0.2) is 42.7 Å². The van der Waals surface area contributed by atoms with Crippen molar-refractivity contribution < 1.29 is 4.79 Å². The molecule has 7 heteroatoms. The number of imidazole rings is 1. The maximum Gasteiger partial charge on any atom is 0.248 e. The molecule has 0 radical (unpaired) electrons. The highest BCUT2D eigenvalue weighted by Crippen LogP contribution is 2.15. The molecule has 0 aliphatic rings. The summed E-state index contributed by atoms with van der Waals surface area (Å²) in [5.41, 5.74) is 3.34. The zero-order valence-corrected chi connectivity index (χ0v) is 15.4. The van der Waals surface area contributed by atoms with Crippen molar-refractivity contribution in [3.8, 4) is 5.95 Å². The molecular weight excluding hydrogens is 350 g/mol. The van der Waals surface area contributed by atoms with Gasteiger partial charge in [-0.25, -0.2) is 15.0 Å². The molecule has 2 heterocycles. The molecular formula is C19H18ClN5O. The Kier molecular flexibility index (Phi) is 5.14. The Morgan fingerprint density at radius 3 is 2.35 bits per heavy atom. The van der Waals surface area contributed by atoms with Gasteiger partial charge in [-0.1, -0.05) is 23.7 Å². The molecule has 0 aliphatic carbocycles. The molecule has 0 atom stereocenters. The highest BCUT2D eigenvalue weighted by Gasteiger charge is 2.11. The number of carbonyl (C=O) groups is 1. The summed E-state index contributed by atoms with van der Waals surface area (Å²) in [7, 11) is 0. The first-order chi connectivity index (χ1) is 12.4. The van der Waals surface area contributed by atoms with Gasteiger partial charge in [-0.05, 0) is 44.5 Å². The van der Waals surface area contributed by atoms with Crippen LogP contribution in [0.25, 0.3) is 12.0 Å². The van der Waals surface area contributed by atoms with Gasteiger partial charge in [-0.3, -0.25) is 9.36 Å². The maximum absolute atomic E-state index is 12.0. The summed E-state index contributed by atoms with van der Waals surface area (Å²) in [6.45, 7) is 5.82. The summed E-state index contributed by atoms with van der Waals surface area (Å²) < 4.78 is 1.88. The third-order valence-electron chi connectivity index (χ3n) is 3.92. The number of carbonyl (C=O) groups excluding carboxylic acids is 1. The quantitative estimate of drug-likeness (QED) is 0.710. The van der Waals surface area contributed by atoms with Crippen molar-refractivity contribution in [3.63, 3.8) is 0 Å². The number of aryl methyl sites for hydroxylation is 2. The fourth-order valence-corrected chi connectivity index (χ4v) is 2.63. The first-order valence-electron chi connectivity index (χ1n) is 8.03. The average Bonchev–Trinajstić information content (AvgIpc) is 2.87. The largest absolute Gasteiger partial charge is 0.320 e. The molecule has 1 N–H and O–H groups in total. The number of aromatic nitrogens is 4. The third-order valence-corrected chi connectivity index (χ3v) is 4.17. The molecule has 6 nitrogen and oxygen atoms in total. The second-order valence-corrected chi connectivity index (χ2v) is 6.25. The van der Waals surface area contributed by atoms with Crippen molar-refractivity contribution in [1.82, 2.24) is 19.5 Å². The number of halogens is 1. The number of nitrogens with zero attached hydrogens (tertiary/aromatic N) is 4. The van der Waals surface area contributed by atoms with Crippen molar-refractivity contribution in [2.45, 2.75) is 20.8 Å². The van der Waals surface area contributed by atoms with Crippen LogP contribution in [0.2, 0.25) is 5.02 Å². The Hall–Kier alpha value is -2.99. The van der Waals surface area contributed by atoms with Crippen LogP contribution < -0.4 is 5.32 Å². The lowest BCUT2D eigenvalue weighted by Crippen LogP contribution is -2.10. The molecule has 26 heavy (non-hydrogen) atoms. The minimum Gasteiger partial charge on any atom is -0.320 e. The molecule has 0 spiro atoms. The van der Waals surface area contributed by atoms with E-state index in [0.29, 0.717) is 16.7 Å². The standard InChI is InChI=1S/C19H18ClN5O/c1-12-13(2)25(14(3)23-12)19-21-10-17(11-22-19)24-18(26)9-6-15-4-7-16(20)8-5-15/h4-11H,1-3H3,(H,24,26)/b9-6+. The third kappa shape index (κ3) is 3.97. The van der Waals surface area contributed by atoms with Crippen LogP contribution in [0.5, 0.6) is 0 Å². The smallest absolute Gasteiger partial charge is 0.248 e. The Morgan fingerprint density at radius 2 is 1.77 bits per heavy atom. The second-order valence-electron chi connectivity index (χ2n) is 5.81. The van der Waals surface area contributed by atoms with Gasteiger partial charge in [0.25, 0.3) is 0 Å². The molecule has 0 aliphatic heterocycles. The van der Waals surface area contributed by atoms with Gasteiger partial charge in [-0.15, -0.1) is 0 Å². The average molecular weight is 368 g/mol. The number of benzene rings is 1. The van der Waals surface area contributed by atoms with Crippen molar-refractivity contribution in [3.05, 3.63) is 70.5 Å². The number of hydrogen-bond acceptors (Lipinski definition) is 4. The molecule has 1 aromatic carbocycles. The van der Waals surface area contributed by atoms with E-state index < -0.39 is 0 Å². The van der Waals surface area contributed by atoms with Crippen LogP contribution >= 0.6 is 11.6 Å². The van der Waals surface area contributed by atoms with Crippen molar-refractivity contribution >= 4 is 29.3 Å². The van der Waals surface area contributed by atoms with E-state index in [2.05, 4.69) is 20.3 Å². The van der Waals surface area contributed by atoms with E-state index in [-0.39, 0.29) is 5.91 Å².